The maximum absolute atomic E-state index is 12.3. The number of nitrogens with one attached hydrogen (secondary N) is 2. The van der Waals surface area contributed by atoms with E-state index in [2.05, 4.69) is 24.5 Å². The molecule has 0 spiro atoms. The second-order valence-electron chi connectivity index (χ2n) is 5.95. The van der Waals surface area contributed by atoms with Crippen LogP contribution in [0.3, 0.4) is 0 Å². The van der Waals surface area contributed by atoms with Gasteiger partial charge in [0.2, 0.25) is 0 Å². The Labute approximate surface area is 142 Å². The number of rotatable bonds is 7. The Morgan fingerprint density at radius 1 is 1.17 bits per heavy atom. The fourth-order valence-corrected chi connectivity index (χ4v) is 2.33. The van der Waals surface area contributed by atoms with Crippen LogP contribution in [0.2, 0.25) is 0 Å². The number of ether oxygens (including phenoxy) is 1. The number of amides is 1. The molecule has 0 saturated heterocycles. The van der Waals surface area contributed by atoms with Gasteiger partial charge in [0.05, 0.1) is 12.7 Å². The van der Waals surface area contributed by atoms with Crippen LogP contribution in [0, 0.1) is 5.92 Å². The average Bonchev–Trinajstić information content (AvgIpc) is 2.58. The molecule has 0 aliphatic heterocycles. The number of carbonyl (C=O) groups is 1. The Hall–Kier alpha value is -2.69. The standard InChI is InChI=1S/C19H24N2O3/c1-13(2)17(21-14-7-5-4-6-8-14)12-20-19(23)16-10-9-15(24-3)11-18(16)22/h4-11,13,17,21-22H,12H2,1-3H3,(H,20,23). The van der Waals surface area contributed by atoms with Crippen LogP contribution in [0.1, 0.15) is 24.2 Å². The topological polar surface area (TPSA) is 70.6 Å². The lowest BCUT2D eigenvalue weighted by molar-refractivity contribution is 0.0947. The predicted octanol–water partition coefficient (Wildman–Crippen LogP) is 3.27. The van der Waals surface area contributed by atoms with Gasteiger partial charge in [-0.15, -0.1) is 0 Å². The Morgan fingerprint density at radius 2 is 1.88 bits per heavy atom. The summed E-state index contributed by atoms with van der Waals surface area (Å²) in [6, 6.07) is 14.6. The van der Waals surface area contributed by atoms with Crippen molar-refractivity contribution in [2.45, 2.75) is 19.9 Å². The molecule has 0 radical (unpaired) electrons. The van der Waals surface area contributed by atoms with Crippen molar-refractivity contribution in [3.8, 4) is 11.5 Å². The van der Waals surface area contributed by atoms with E-state index in [1.807, 2.05) is 30.3 Å². The van der Waals surface area contributed by atoms with E-state index in [0.717, 1.165) is 5.69 Å². The van der Waals surface area contributed by atoms with Crippen LogP contribution in [0.15, 0.2) is 48.5 Å². The van der Waals surface area contributed by atoms with Gasteiger partial charge in [-0.25, -0.2) is 0 Å². The van der Waals surface area contributed by atoms with Crippen molar-refractivity contribution < 1.29 is 14.6 Å². The number of para-hydroxylation sites is 1. The van der Waals surface area contributed by atoms with E-state index in [1.165, 1.54) is 13.2 Å². The maximum atomic E-state index is 12.3. The SMILES string of the molecule is COc1ccc(C(=O)NCC(Nc2ccccc2)C(C)C)c(O)c1. The summed E-state index contributed by atoms with van der Waals surface area (Å²) in [5, 5.41) is 16.2. The third-order valence-electron chi connectivity index (χ3n) is 3.86. The molecule has 2 aromatic rings. The minimum Gasteiger partial charge on any atom is -0.507 e. The summed E-state index contributed by atoms with van der Waals surface area (Å²) in [5.74, 6) is 0.435. The van der Waals surface area contributed by atoms with Crippen molar-refractivity contribution in [1.82, 2.24) is 5.32 Å². The van der Waals surface area contributed by atoms with Gasteiger partial charge in [-0.05, 0) is 30.2 Å². The van der Waals surface area contributed by atoms with E-state index in [9.17, 15) is 9.90 Å². The lowest BCUT2D eigenvalue weighted by atomic mass is 10.0. The first kappa shape index (κ1) is 17.7. The molecule has 0 saturated carbocycles. The zero-order chi connectivity index (χ0) is 17.5. The third-order valence-corrected chi connectivity index (χ3v) is 3.86. The number of anilines is 1. The van der Waals surface area contributed by atoms with E-state index in [4.69, 9.17) is 4.74 Å². The normalized spacial score (nSPS) is 11.8. The summed E-state index contributed by atoms with van der Waals surface area (Å²) in [6.45, 7) is 4.64. The smallest absolute Gasteiger partial charge is 0.255 e. The Kier molecular flexibility index (Phi) is 6.07. The van der Waals surface area contributed by atoms with Crippen LogP contribution >= 0.6 is 0 Å². The zero-order valence-electron chi connectivity index (χ0n) is 14.2. The van der Waals surface area contributed by atoms with Crippen LogP contribution in [-0.2, 0) is 0 Å². The molecule has 0 aliphatic rings. The first-order valence-electron chi connectivity index (χ1n) is 7.98. The largest absolute Gasteiger partial charge is 0.507 e. The Morgan fingerprint density at radius 3 is 2.46 bits per heavy atom. The number of carbonyl (C=O) groups excluding carboxylic acids is 1. The molecule has 24 heavy (non-hydrogen) atoms. The lowest BCUT2D eigenvalue weighted by Gasteiger charge is -2.24. The average molecular weight is 328 g/mol. The van der Waals surface area contributed by atoms with Gasteiger partial charge in [0, 0.05) is 24.3 Å². The zero-order valence-corrected chi connectivity index (χ0v) is 14.2. The molecular formula is C19H24N2O3. The van der Waals surface area contributed by atoms with Gasteiger partial charge in [0.1, 0.15) is 11.5 Å². The second kappa shape index (κ2) is 8.24. The van der Waals surface area contributed by atoms with Gasteiger partial charge in [0.15, 0.2) is 0 Å². The Balaban J connectivity index is 2.00. The van der Waals surface area contributed by atoms with Gasteiger partial charge in [0.25, 0.3) is 5.91 Å². The molecule has 128 valence electrons. The highest BCUT2D eigenvalue weighted by Gasteiger charge is 2.17. The van der Waals surface area contributed by atoms with Gasteiger partial charge >= 0.3 is 0 Å². The molecule has 1 amide bonds. The number of hydrogen-bond acceptors (Lipinski definition) is 4. The van der Waals surface area contributed by atoms with Gasteiger partial charge in [-0.3, -0.25) is 4.79 Å². The van der Waals surface area contributed by atoms with Crippen molar-refractivity contribution in [2.75, 3.05) is 19.0 Å². The van der Waals surface area contributed by atoms with Crippen LogP contribution in [0.25, 0.3) is 0 Å². The fraction of sp³-hybridized carbons (Fsp3) is 0.316. The monoisotopic (exact) mass is 328 g/mol. The molecule has 5 nitrogen and oxygen atoms in total. The summed E-state index contributed by atoms with van der Waals surface area (Å²) >= 11 is 0. The summed E-state index contributed by atoms with van der Waals surface area (Å²) in [6.07, 6.45) is 0. The molecule has 3 N–H and O–H groups in total. The molecule has 2 aromatic carbocycles. The van der Waals surface area contributed by atoms with Crippen LogP contribution in [0.4, 0.5) is 5.69 Å². The molecule has 5 heteroatoms. The van der Waals surface area contributed by atoms with E-state index in [1.54, 1.807) is 12.1 Å². The number of hydrogen-bond donors (Lipinski definition) is 3. The lowest BCUT2D eigenvalue weighted by Crippen LogP contribution is -2.39. The van der Waals surface area contributed by atoms with Crippen molar-refractivity contribution >= 4 is 11.6 Å². The van der Waals surface area contributed by atoms with Gasteiger partial charge < -0.3 is 20.5 Å². The van der Waals surface area contributed by atoms with Crippen molar-refractivity contribution in [2.24, 2.45) is 5.92 Å². The van der Waals surface area contributed by atoms with E-state index in [-0.39, 0.29) is 23.3 Å². The molecule has 0 aliphatic carbocycles. The maximum Gasteiger partial charge on any atom is 0.255 e. The molecule has 0 heterocycles. The molecule has 0 fully saturated rings. The minimum atomic E-state index is -0.310. The number of methoxy groups -OCH3 is 1. The molecule has 1 unspecified atom stereocenters. The van der Waals surface area contributed by atoms with Crippen LogP contribution < -0.4 is 15.4 Å². The highest BCUT2D eigenvalue weighted by Crippen LogP contribution is 2.23. The highest BCUT2D eigenvalue weighted by molar-refractivity contribution is 5.97. The summed E-state index contributed by atoms with van der Waals surface area (Å²) < 4.78 is 5.02. The predicted molar refractivity (Wildman–Crippen MR) is 95.7 cm³/mol. The number of aromatic hydroxyl groups is 1. The molecule has 0 bridgehead atoms. The van der Waals surface area contributed by atoms with Gasteiger partial charge in [-0.1, -0.05) is 32.0 Å². The van der Waals surface area contributed by atoms with E-state index in [0.29, 0.717) is 18.2 Å². The number of benzene rings is 2. The third kappa shape index (κ3) is 4.65. The second-order valence-corrected chi connectivity index (χ2v) is 5.95. The number of phenols is 1. The summed E-state index contributed by atoms with van der Waals surface area (Å²) in [5.41, 5.74) is 1.25. The van der Waals surface area contributed by atoms with Crippen molar-refractivity contribution in [1.29, 1.82) is 0 Å². The molecule has 2 rings (SSSR count). The quantitative estimate of drug-likeness (QED) is 0.729. The van der Waals surface area contributed by atoms with E-state index >= 15 is 0 Å². The minimum absolute atomic E-state index is 0.0803. The van der Waals surface area contributed by atoms with Crippen molar-refractivity contribution in [3.63, 3.8) is 0 Å². The molecular weight excluding hydrogens is 304 g/mol. The molecule has 0 aromatic heterocycles. The van der Waals surface area contributed by atoms with Crippen molar-refractivity contribution in [3.05, 3.63) is 54.1 Å². The van der Waals surface area contributed by atoms with Gasteiger partial charge in [-0.2, -0.15) is 0 Å². The summed E-state index contributed by atoms with van der Waals surface area (Å²) in [4.78, 5) is 12.3. The summed E-state index contributed by atoms with van der Waals surface area (Å²) in [7, 11) is 1.51. The highest BCUT2D eigenvalue weighted by atomic mass is 16.5. The number of phenolic OH excluding ortho intramolecular Hbond substituents is 1. The van der Waals surface area contributed by atoms with E-state index < -0.39 is 0 Å². The first-order valence-corrected chi connectivity index (χ1v) is 7.98. The Bertz CT molecular complexity index is 672. The van der Waals surface area contributed by atoms with Crippen LogP contribution in [0.5, 0.6) is 11.5 Å². The fourth-order valence-electron chi connectivity index (χ4n) is 2.33. The molecule has 1 atom stereocenters. The first-order chi connectivity index (χ1) is 11.5. The van der Waals surface area contributed by atoms with Crippen LogP contribution in [-0.4, -0.2) is 30.7 Å².